The van der Waals surface area contributed by atoms with Crippen molar-refractivity contribution >= 4 is 23.7 Å². The molecule has 0 atom stereocenters. The minimum absolute atomic E-state index is 0. The van der Waals surface area contributed by atoms with Gasteiger partial charge >= 0.3 is 0 Å². The normalized spacial score (nSPS) is 19.9. The van der Waals surface area contributed by atoms with Crippen LogP contribution < -0.4 is 5.73 Å². The zero-order valence-electron chi connectivity index (χ0n) is 11.2. The SMILES string of the molecule is Cl.NC1(c2noc(-c3csc4c3CCCC4)n2)CCC1. The van der Waals surface area contributed by atoms with Crippen LogP contribution in [0.4, 0.5) is 0 Å². The average molecular weight is 312 g/mol. The summed E-state index contributed by atoms with van der Waals surface area (Å²) in [6, 6.07) is 0. The van der Waals surface area contributed by atoms with Crippen LogP contribution in [-0.2, 0) is 18.4 Å². The molecule has 4 nitrogen and oxygen atoms in total. The molecule has 0 spiro atoms. The van der Waals surface area contributed by atoms with Crippen molar-refractivity contribution in [2.24, 2.45) is 5.73 Å². The molecule has 4 rings (SSSR count). The Morgan fingerprint density at radius 2 is 2.00 bits per heavy atom. The van der Waals surface area contributed by atoms with E-state index >= 15 is 0 Å². The molecule has 2 heterocycles. The van der Waals surface area contributed by atoms with Crippen LogP contribution in [0.3, 0.4) is 0 Å². The summed E-state index contributed by atoms with van der Waals surface area (Å²) >= 11 is 1.82. The molecule has 2 aromatic rings. The molecule has 2 N–H and O–H groups in total. The Hall–Kier alpha value is -0.910. The second-order valence-corrected chi connectivity index (χ2v) is 6.66. The Labute approximate surface area is 128 Å². The van der Waals surface area contributed by atoms with Crippen molar-refractivity contribution < 1.29 is 4.52 Å². The smallest absolute Gasteiger partial charge is 0.259 e. The lowest BCUT2D eigenvalue weighted by molar-refractivity contribution is 0.229. The zero-order chi connectivity index (χ0) is 12.9. The third-order valence-corrected chi connectivity index (χ3v) is 5.50. The third-order valence-electron chi connectivity index (χ3n) is 4.41. The minimum atomic E-state index is -0.335. The monoisotopic (exact) mass is 311 g/mol. The fraction of sp³-hybridized carbons (Fsp3) is 0.571. The zero-order valence-corrected chi connectivity index (χ0v) is 12.9. The van der Waals surface area contributed by atoms with Gasteiger partial charge in [-0.2, -0.15) is 4.98 Å². The van der Waals surface area contributed by atoms with Crippen molar-refractivity contribution in [3.8, 4) is 11.5 Å². The Kier molecular flexibility index (Phi) is 3.60. The number of hydrogen-bond donors (Lipinski definition) is 1. The minimum Gasteiger partial charge on any atom is -0.334 e. The van der Waals surface area contributed by atoms with E-state index in [2.05, 4.69) is 15.5 Å². The van der Waals surface area contributed by atoms with Crippen LogP contribution in [0.25, 0.3) is 11.5 Å². The first kappa shape index (κ1) is 14.0. The van der Waals surface area contributed by atoms with Crippen molar-refractivity contribution in [3.05, 3.63) is 21.6 Å². The van der Waals surface area contributed by atoms with Gasteiger partial charge in [0.05, 0.1) is 11.1 Å². The van der Waals surface area contributed by atoms with E-state index in [1.807, 2.05) is 11.3 Å². The van der Waals surface area contributed by atoms with Crippen LogP contribution >= 0.6 is 23.7 Å². The van der Waals surface area contributed by atoms with Crippen LogP contribution in [0, 0.1) is 0 Å². The van der Waals surface area contributed by atoms with E-state index < -0.39 is 0 Å². The predicted molar refractivity (Wildman–Crippen MR) is 81.2 cm³/mol. The topological polar surface area (TPSA) is 64.9 Å². The van der Waals surface area contributed by atoms with E-state index in [1.165, 1.54) is 29.7 Å². The second kappa shape index (κ2) is 5.13. The van der Waals surface area contributed by atoms with Crippen molar-refractivity contribution in [2.45, 2.75) is 50.5 Å². The van der Waals surface area contributed by atoms with E-state index in [4.69, 9.17) is 10.3 Å². The molecule has 2 aliphatic carbocycles. The molecule has 2 aliphatic rings. The highest BCUT2D eigenvalue weighted by atomic mass is 35.5. The molecule has 2 aromatic heterocycles. The number of nitrogens with two attached hydrogens (primary N) is 1. The van der Waals surface area contributed by atoms with Gasteiger partial charge in [-0.25, -0.2) is 0 Å². The maximum atomic E-state index is 6.25. The van der Waals surface area contributed by atoms with Crippen molar-refractivity contribution in [2.75, 3.05) is 0 Å². The Balaban J connectivity index is 0.00000121. The van der Waals surface area contributed by atoms with Crippen LogP contribution in [0.15, 0.2) is 9.90 Å². The number of aryl methyl sites for hydroxylation is 1. The van der Waals surface area contributed by atoms with Gasteiger partial charge in [0.15, 0.2) is 5.82 Å². The highest BCUT2D eigenvalue weighted by Gasteiger charge is 2.39. The number of halogens is 1. The fourth-order valence-electron chi connectivity index (χ4n) is 2.99. The lowest BCUT2D eigenvalue weighted by atomic mass is 9.77. The standard InChI is InChI=1S/C14H17N3OS.ClH/c15-14(6-3-7-14)13-16-12(18-17-13)10-8-19-11-5-2-1-4-9(10)11;/h8H,1-7,15H2;1H. The van der Waals surface area contributed by atoms with Gasteiger partial charge in [-0.05, 0) is 50.5 Å². The molecular formula is C14H18ClN3OS. The summed E-state index contributed by atoms with van der Waals surface area (Å²) in [7, 11) is 0. The molecule has 0 amide bonds. The summed E-state index contributed by atoms with van der Waals surface area (Å²) in [5, 5.41) is 6.27. The number of thiophene rings is 1. The summed E-state index contributed by atoms with van der Waals surface area (Å²) in [6.45, 7) is 0. The first-order chi connectivity index (χ1) is 9.26. The first-order valence-corrected chi connectivity index (χ1v) is 7.87. The molecule has 6 heteroatoms. The second-order valence-electron chi connectivity index (χ2n) is 5.69. The summed E-state index contributed by atoms with van der Waals surface area (Å²) in [6.07, 6.45) is 7.99. The fourth-order valence-corrected chi connectivity index (χ4v) is 4.11. The van der Waals surface area contributed by atoms with Gasteiger partial charge in [0.25, 0.3) is 5.89 Å². The Morgan fingerprint density at radius 1 is 1.20 bits per heavy atom. The average Bonchev–Trinajstić information content (AvgIpc) is 3.02. The van der Waals surface area contributed by atoms with Gasteiger partial charge < -0.3 is 10.3 Å². The molecule has 20 heavy (non-hydrogen) atoms. The largest absolute Gasteiger partial charge is 0.334 e. The first-order valence-electron chi connectivity index (χ1n) is 6.99. The molecule has 0 bridgehead atoms. The molecule has 0 unspecified atom stereocenters. The summed E-state index contributed by atoms with van der Waals surface area (Å²) in [4.78, 5) is 6.05. The Bertz CT molecular complexity index is 618. The third kappa shape index (κ3) is 2.08. The van der Waals surface area contributed by atoms with Crippen molar-refractivity contribution in [1.29, 1.82) is 0 Å². The molecule has 1 saturated carbocycles. The maximum Gasteiger partial charge on any atom is 0.259 e. The van der Waals surface area contributed by atoms with E-state index in [1.54, 1.807) is 0 Å². The number of aromatic nitrogens is 2. The summed E-state index contributed by atoms with van der Waals surface area (Å²) in [5.41, 5.74) is 8.47. The van der Waals surface area contributed by atoms with Crippen LogP contribution in [0.2, 0.25) is 0 Å². The van der Waals surface area contributed by atoms with Crippen LogP contribution in [0.5, 0.6) is 0 Å². The van der Waals surface area contributed by atoms with E-state index in [0.717, 1.165) is 31.2 Å². The number of rotatable bonds is 2. The molecule has 108 valence electrons. The summed E-state index contributed by atoms with van der Waals surface area (Å²) in [5.74, 6) is 1.34. The lowest BCUT2D eigenvalue weighted by Crippen LogP contribution is -2.44. The number of fused-ring (bicyclic) bond motifs is 1. The van der Waals surface area contributed by atoms with Gasteiger partial charge in [0.2, 0.25) is 0 Å². The van der Waals surface area contributed by atoms with Gasteiger partial charge in [-0.1, -0.05) is 5.16 Å². The van der Waals surface area contributed by atoms with Gasteiger partial charge in [-0.3, -0.25) is 0 Å². The van der Waals surface area contributed by atoms with Gasteiger partial charge in [-0.15, -0.1) is 23.7 Å². The quantitative estimate of drug-likeness (QED) is 0.922. The molecule has 0 saturated heterocycles. The predicted octanol–water partition coefficient (Wildman–Crippen LogP) is 3.44. The number of nitrogens with zero attached hydrogens (tertiary/aromatic N) is 2. The van der Waals surface area contributed by atoms with Gasteiger partial charge in [0.1, 0.15) is 0 Å². The maximum absolute atomic E-state index is 6.25. The van der Waals surface area contributed by atoms with Crippen LogP contribution in [-0.4, -0.2) is 10.1 Å². The lowest BCUT2D eigenvalue weighted by Gasteiger charge is -2.34. The summed E-state index contributed by atoms with van der Waals surface area (Å²) < 4.78 is 5.46. The van der Waals surface area contributed by atoms with E-state index in [-0.39, 0.29) is 17.9 Å². The molecule has 0 aliphatic heterocycles. The Morgan fingerprint density at radius 3 is 2.75 bits per heavy atom. The van der Waals surface area contributed by atoms with Crippen molar-refractivity contribution in [1.82, 2.24) is 10.1 Å². The van der Waals surface area contributed by atoms with E-state index in [0.29, 0.717) is 11.7 Å². The van der Waals surface area contributed by atoms with E-state index in [9.17, 15) is 0 Å². The van der Waals surface area contributed by atoms with Gasteiger partial charge in [0, 0.05) is 10.3 Å². The molecule has 0 radical (unpaired) electrons. The van der Waals surface area contributed by atoms with Crippen molar-refractivity contribution in [3.63, 3.8) is 0 Å². The molecule has 1 fully saturated rings. The van der Waals surface area contributed by atoms with Crippen LogP contribution in [0.1, 0.15) is 48.4 Å². The molecular weight excluding hydrogens is 294 g/mol. The highest BCUT2D eigenvalue weighted by molar-refractivity contribution is 7.10. The highest BCUT2D eigenvalue weighted by Crippen LogP contribution is 2.39. The number of hydrogen-bond acceptors (Lipinski definition) is 5. The molecule has 0 aromatic carbocycles.